The Hall–Kier alpha value is -2.54. The van der Waals surface area contributed by atoms with Crippen LogP contribution in [0.4, 0.5) is 0 Å². The Morgan fingerprint density at radius 2 is 2.10 bits per heavy atom. The second-order valence-corrected chi connectivity index (χ2v) is 9.02. The van der Waals surface area contributed by atoms with Gasteiger partial charge >= 0.3 is 0 Å². The number of carbonyl (C=O) groups is 1. The van der Waals surface area contributed by atoms with Crippen LogP contribution in [0.25, 0.3) is 10.9 Å². The molecule has 1 unspecified atom stereocenters. The molecule has 1 atom stereocenters. The lowest BCUT2D eigenvalue weighted by Gasteiger charge is -2.28. The van der Waals surface area contributed by atoms with Gasteiger partial charge in [0.25, 0.3) is 5.56 Å². The van der Waals surface area contributed by atoms with Crippen molar-refractivity contribution in [2.75, 3.05) is 7.11 Å². The van der Waals surface area contributed by atoms with E-state index in [0.717, 1.165) is 17.8 Å². The predicted molar refractivity (Wildman–Crippen MR) is 118 cm³/mol. The molecule has 0 bridgehead atoms. The van der Waals surface area contributed by atoms with Gasteiger partial charge in [-0.05, 0) is 37.5 Å². The van der Waals surface area contributed by atoms with Gasteiger partial charge in [0.15, 0.2) is 5.78 Å². The van der Waals surface area contributed by atoms with Crippen molar-refractivity contribution in [2.24, 2.45) is 5.92 Å². The molecule has 0 amide bonds. The minimum Gasteiger partial charge on any atom is -0.497 e. The Bertz CT molecular complexity index is 1090. The van der Waals surface area contributed by atoms with E-state index in [-0.39, 0.29) is 17.8 Å². The molecule has 7 heteroatoms. The first-order valence-electron chi connectivity index (χ1n) is 10.5. The van der Waals surface area contributed by atoms with Gasteiger partial charge in [-0.1, -0.05) is 32.1 Å². The summed E-state index contributed by atoms with van der Waals surface area (Å²) in [5, 5.41) is 3.14. The van der Waals surface area contributed by atoms with E-state index >= 15 is 0 Å². The minimum atomic E-state index is -0.521. The molecule has 4 rings (SSSR count). The summed E-state index contributed by atoms with van der Waals surface area (Å²) in [5.74, 6) is 1.67. The fourth-order valence-corrected chi connectivity index (χ4v) is 5.14. The molecule has 3 aromatic rings. The van der Waals surface area contributed by atoms with Gasteiger partial charge in [-0.15, -0.1) is 11.3 Å². The van der Waals surface area contributed by atoms with Crippen molar-refractivity contribution in [3.8, 4) is 5.75 Å². The van der Waals surface area contributed by atoms with Crippen molar-refractivity contribution in [2.45, 2.75) is 57.9 Å². The van der Waals surface area contributed by atoms with Crippen LogP contribution in [-0.4, -0.2) is 27.4 Å². The number of aryl methyl sites for hydroxylation is 1. The summed E-state index contributed by atoms with van der Waals surface area (Å²) in [4.78, 5) is 35.8. The van der Waals surface area contributed by atoms with E-state index < -0.39 is 6.04 Å². The summed E-state index contributed by atoms with van der Waals surface area (Å²) >= 11 is 1.47. The second kappa shape index (κ2) is 9.08. The standard InChI is InChI=1S/C23H27N3O3S/c1-15-25-19-9-8-17(29-2)13-18(19)23(28)26(15)20(12-16-6-4-3-5-7-16)21(27)14-22-24-10-11-30-22/h8-11,13,16,20H,3-7,12,14H2,1-2H3. The highest BCUT2D eigenvalue weighted by Crippen LogP contribution is 2.32. The number of rotatable bonds is 7. The summed E-state index contributed by atoms with van der Waals surface area (Å²) in [5.41, 5.74) is 0.447. The molecule has 0 aliphatic heterocycles. The quantitative estimate of drug-likeness (QED) is 0.557. The molecule has 1 aliphatic rings. The van der Waals surface area contributed by atoms with Gasteiger partial charge in [-0.25, -0.2) is 9.97 Å². The van der Waals surface area contributed by atoms with Crippen LogP contribution in [0.3, 0.4) is 0 Å². The maximum atomic E-state index is 13.5. The number of fused-ring (bicyclic) bond motifs is 1. The Kier molecular flexibility index (Phi) is 6.27. The van der Waals surface area contributed by atoms with Crippen LogP contribution >= 0.6 is 11.3 Å². The summed E-state index contributed by atoms with van der Waals surface area (Å²) in [6, 6.07) is 4.78. The Morgan fingerprint density at radius 3 is 2.80 bits per heavy atom. The first kappa shape index (κ1) is 20.7. The minimum absolute atomic E-state index is 0.0322. The highest BCUT2D eigenvalue weighted by molar-refractivity contribution is 7.09. The van der Waals surface area contributed by atoms with E-state index in [2.05, 4.69) is 9.97 Å². The maximum Gasteiger partial charge on any atom is 0.262 e. The highest BCUT2D eigenvalue weighted by Gasteiger charge is 2.29. The number of ketones is 1. The zero-order chi connectivity index (χ0) is 21.1. The zero-order valence-electron chi connectivity index (χ0n) is 17.5. The van der Waals surface area contributed by atoms with Crippen LogP contribution in [0.5, 0.6) is 5.75 Å². The number of carbonyl (C=O) groups excluding carboxylic acids is 1. The van der Waals surface area contributed by atoms with Crippen molar-refractivity contribution in [1.29, 1.82) is 0 Å². The normalized spacial score (nSPS) is 15.9. The molecule has 0 radical (unpaired) electrons. The molecule has 1 fully saturated rings. The summed E-state index contributed by atoms with van der Waals surface area (Å²) in [6.45, 7) is 1.82. The lowest BCUT2D eigenvalue weighted by atomic mass is 9.83. The molecule has 0 saturated heterocycles. The van der Waals surface area contributed by atoms with Crippen LogP contribution in [0.2, 0.25) is 0 Å². The molecular weight excluding hydrogens is 398 g/mol. The summed E-state index contributed by atoms with van der Waals surface area (Å²) < 4.78 is 6.91. The third-order valence-corrected chi connectivity index (χ3v) is 6.84. The number of aromatic nitrogens is 3. The third kappa shape index (κ3) is 4.31. The van der Waals surface area contributed by atoms with Crippen LogP contribution < -0.4 is 10.3 Å². The van der Waals surface area contributed by atoms with Gasteiger partial charge in [-0.3, -0.25) is 14.2 Å². The largest absolute Gasteiger partial charge is 0.497 e. The molecule has 158 valence electrons. The molecule has 1 saturated carbocycles. The number of nitrogens with zero attached hydrogens (tertiary/aromatic N) is 3. The van der Waals surface area contributed by atoms with Crippen molar-refractivity contribution in [1.82, 2.24) is 14.5 Å². The maximum absolute atomic E-state index is 13.5. The summed E-state index contributed by atoms with van der Waals surface area (Å²) in [7, 11) is 1.57. The second-order valence-electron chi connectivity index (χ2n) is 8.04. The molecule has 1 aromatic carbocycles. The molecule has 2 heterocycles. The number of benzene rings is 1. The number of methoxy groups -OCH3 is 1. The number of thiazole rings is 1. The van der Waals surface area contributed by atoms with E-state index in [9.17, 15) is 9.59 Å². The van der Waals surface area contributed by atoms with Crippen molar-refractivity contribution < 1.29 is 9.53 Å². The van der Waals surface area contributed by atoms with Crippen molar-refractivity contribution in [3.05, 3.63) is 51.0 Å². The van der Waals surface area contributed by atoms with E-state index in [1.807, 2.05) is 12.3 Å². The number of Topliss-reactive ketones (excluding diaryl/α,β-unsaturated/α-hetero) is 1. The number of hydrogen-bond donors (Lipinski definition) is 0. The summed E-state index contributed by atoms with van der Waals surface area (Å²) in [6.07, 6.45) is 8.51. The van der Waals surface area contributed by atoms with E-state index in [1.165, 1.54) is 30.6 Å². The molecule has 0 N–H and O–H groups in total. The van der Waals surface area contributed by atoms with E-state index in [4.69, 9.17) is 4.74 Å². The lowest BCUT2D eigenvalue weighted by Crippen LogP contribution is -2.35. The topological polar surface area (TPSA) is 74.1 Å². The van der Waals surface area contributed by atoms with Gasteiger partial charge in [0.1, 0.15) is 11.6 Å². The third-order valence-electron chi connectivity index (χ3n) is 6.06. The van der Waals surface area contributed by atoms with E-state index in [1.54, 1.807) is 36.1 Å². The molecule has 2 aromatic heterocycles. The fourth-order valence-electron chi connectivity index (χ4n) is 4.51. The average Bonchev–Trinajstić information content (AvgIpc) is 3.26. The average molecular weight is 426 g/mol. The first-order chi connectivity index (χ1) is 14.6. The zero-order valence-corrected chi connectivity index (χ0v) is 18.3. The van der Waals surface area contributed by atoms with Crippen LogP contribution in [0.1, 0.15) is 55.4 Å². The molecular formula is C23H27N3O3S. The van der Waals surface area contributed by atoms with Crippen LogP contribution in [-0.2, 0) is 11.2 Å². The van der Waals surface area contributed by atoms with Gasteiger partial charge in [-0.2, -0.15) is 0 Å². The Morgan fingerprint density at radius 1 is 1.30 bits per heavy atom. The van der Waals surface area contributed by atoms with Gasteiger partial charge < -0.3 is 4.74 Å². The lowest BCUT2D eigenvalue weighted by molar-refractivity contribution is -0.122. The van der Waals surface area contributed by atoms with E-state index in [0.29, 0.717) is 34.8 Å². The van der Waals surface area contributed by atoms with Crippen LogP contribution in [0.15, 0.2) is 34.6 Å². The Balaban J connectivity index is 1.77. The SMILES string of the molecule is COc1ccc2nc(C)n(C(CC3CCCCC3)C(=O)Cc3nccs3)c(=O)c2c1. The van der Waals surface area contributed by atoms with Gasteiger partial charge in [0, 0.05) is 11.6 Å². The smallest absolute Gasteiger partial charge is 0.262 e. The Labute approximate surface area is 179 Å². The number of hydrogen-bond acceptors (Lipinski definition) is 6. The molecule has 1 aliphatic carbocycles. The van der Waals surface area contributed by atoms with Crippen molar-refractivity contribution >= 4 is 28.0 Å². The monoisotopic (exact) mass is 425 g/mol. The highest BCUT2D eigenvalue weighted by atomic mass is 32.1. The van der Waals surface area contributed by atoms with Gasteiger partial charge in [0.2, 0.25) is 0 Å². The number of ether oxygens (including phenoxy) is 1. The van der Waals surface area contributed by atoms with Crippen molar-refractivity contribution in [3.63, 3.8) is 0 Å². The fraction of sp³-hybridized carbons (Fsp3) is 0.478. The molecule has 0 spiro atoms. The first-order valence-corrected chi connectivity index (χ1v) is 11.4. The van der Waals surface area contributed by atoms with Crippen LogP contribution in [0, 0.1) is 12.8 Å². The molecule has 30 heavy (non-hydrogen) atoms. The van der Waals surface area contributed by atoms with Gasteiger partial charge in [0.05, 0.1) is 35.5 Å². The predicted octanol–water partition coefficient (Wildman–Crippen LogP) is 4.49. The molecule has 6 nitrogen and oxygen atoms in total.